The van der Waals surface area contributed by atoms with Crippen LogP contribution in [0.4, 0.5) is 17.6 Å². The van der Waals surface area contributed by atoms with Gasteiger partial charge in [0.1, 0.15) is 5.82 Å². The van der Waals surface area contributed by atoms with Gasteiger partial charge < -0.3 is 0 Å². The Morgan fingerprint density at radius 1 is 1.00 bits per heavy atom. The van der Waals surface area contributed by atoms with E-state index in [0.29, 0.717) is 5.56 Å². The van der Waals surface area contributed by atoms with Gasteiger partial charge in [0.2, 0.25) is 0 Å². The van der Waals surface area contributed by atoms with Crippen molar-refractivity contribution in [2.75, 3.05) is 0 Å². The first-order valence-electron chi connectivity index (χ1n) is 6.32. The largest absolute Gasteiger partial charge is 0.419 e. The maximum atomic E-state index is 13.1. The lowest BCUT2D eigenvalue weighted by Crippen LogP contribution is -2.09. The molecule has 1 nitrogen and oxygen atoms in total. The zero-order valence-electron chi connectivity index (χ0n) is 11.0. The number of alkyl halides is 3. The smallest absolute Gasteiger partial charge is 0.294 e. The van der Waals surface area contributed by atoms with Gasteiger partial charge in [0.25, 0.3) is 0 Å². The van der Waals surface area contributed by atoms with Crippen molar-refractivity contribution in [3.63, 3.8) is 0 Å². The number of hydrogen-bond acceptors (Lipinski definition) is 1. The highest BCUT2D eigenvalue weighted by Gasteiger charge is 2.34. The van der Waals surface area contributed by atoms with Crippen LogP contribution < -0.4 is 0 Å². The fourth-order valence-electron chi connectivity index (χ4n) is 1.97. The molecule has 0 spiro atoms. The van der Waals surface area contributed by atoms with Crippen LogP contribution in [0.15, 0.2) is 48.5 Å². The van der Waals surface area contributed by atoms with Gasteiger partial charge in [0, 0.05) is 12.0 Å². The number of hydrogen-bond donors (Lipinski definition) is 0. The summed E-state index contributed by atoms with van der Waals surface area (Å²) in [6, 6.07) is 11.3. The molecule has 2 aromatic carbocycles. The van der Waals surface area contributed by atoms with Crippen LogP contribution in [-0.4, -0.2) is 5.78 Å². The van der Waals surface area contributed by atoms with Crippen molar-refractivity contribution < 1.29 is 22.4 Å². The van der Waals surface area contributed by atoms with Gasteiger partial charge >= 0.3 is 6.18 Å². The normalized spacial score (nSPS) is 11.4. The van der Waals surface area contributed by atoms with Gasteiger partial charge in [-0.3, -0.25) is 4.79 Å². The average molecular weight is 296 g/mol. The van der Waals surface area contributed by atoms with Crippen LogP contribution in [0.5, 0.6) is 0 Å². The molecule has 0 aromatic heterocycles. The van der Waals surface area contributed by atoms with Crippen molar-refractivity contribution in [3.05, 3.63) is 71.0 Å². The fourth-order valence-corrected chi connectivity index (χ4v) is 1.97. The third kappa shape index (κ3) is 3.90. The number of rotatable bonds is 4. The molecule has 0 radical (unpaired) electrons. The fraction of sp³-hybridized carbons (Fsp3) is 0.188. The van der Waals surface area contributed by atoms with Crippen molar-refractivity contribution in [2.45, 2.75) is 19.0 Å². The highest BCUT2D eigenvalue weighted by Crippen LogP contribution is 2.32. The molecule has 0 heterocycles. The number of benzene rings is 2. The monoisotopic (exact) mass is 296 g/mol. The third-order valence-corrected chi connectivity index (χ3v) is 3.07. The third-order valence-electron chi connectivity index (χ3n) is 3.07. The van der Waals surface area contributed by atoms with Gasteiger partial charge in [0.15, 0.2) is 5.78 Å². The molecule has 0 fully saturated rings. The Bertz CT molecular complexity index is 632. The number of ketones is 1. The lowest BCUT2D eigenvalue weighted by Gasteiger charge is -2.10. The van der Waals surface area contributed by atoms with E-state index in [0.717, 1.165) is 12.1 Å². The Balaban J connectivity index is 2.09. The van der Waals surface area contributed by atoms with Gasteiger partial charge in [-0.15, -0.1) is 0 Å². The zero-order chi connectivity index (χ0) is 15.5. The molecule has 2 aromatic rings. The van der Waals surface area contributed by atoms with Crippen LogP contribution in [-0.2, 0) is 12.6 Å². The number of aryl methyl sites for hydroxylation is 1. The Morgan fingerprint density at radius 2 is 1.67 bits per heavy atom. The molecule has 0 amide bonds. The molecule has 5 heteroatoms. The maximum Gasteiger partial charge on any atom is 0.419 e. The van der Waals surface area contributed by atoms with Crippen LogP contribution in [0.1, 0.15) is 27.9 Å². The lowest BCUT2D eigenvalue weighted by atomic mass is 10.0. The van der Waals surface area contributed by atoms with E-state index < -0.39 is 17.6 Å². The first-order valence-corrected chi connectivity index (χ1v) is 6.32. The van der Waals surface area contributed by atoms with E-state index in [4.69, 9.17) is 0 Å². The minimum Gasteiger partial charge on any atom is -0.294 e. The van der Waals surface area contributed by atoms with E-state index in [1.54, 1.807) is 30.3 Å². The van der Waals surface area contributed by atoms with Crippen molar-refractivity contribution in [2.24, 2.45) is 0 Å². The Labute approximate surface area is 119 Å². The Hall–Kier alpha value is -2.17. The molecule has 0 saturated carbocycles. The lowest BCUT2D eigenvalue weighted by molar-refractivity contribution is -0.140. The number of carbonyl (C=O) groups excluding carboxylic acids is 1. The van der Waals surface area contributed by atoms with E-state index in [1.807, 2.05) is 0 Å². The molecule has 21 heavy (non-hydrogen) atoms. The highest BCUT2D eigenvalue weighted by atomic mass is 19.4. The zero-order valence-corrected chi connectivity index (χ0v) is 11.0. The van der Waals surface area contributed by atoms with E-state index in [-0.39, 0.29) is 24.2 Å². The molecule has 0 aliphatic heterocycles. The molecular formula is C16H12F4O. The molecule has 0 atom stereocenters. The number of Topliss-reactive ketones (excluding diaryl/α,β-unsaturated/α-hetero) is 1. The summed E-state index contributed by atoms with van der Waals surface area (Å²) in [5, 5.41) is 0. The highest BCUT2D eigenvalue weighted by molar-refractivity contribution is 5.96. The summed E-state index contributed by atoms with van der Waals surface area (Å²) in [4.78, 5) is 11.9. The molecule has 0 bridgehead atoms. The maximum absolute atomic E-state index is 13.1. The van der Waals surface area contributed by atoms with E-state index in [9.17, 15) is 22.4 Å². The van der Waals surface area contributed by atoms with E-state index in [2.05, 4.69) is 0 Å². The summed E-state index contributed by atoms with van der Waals surface area (Å²) in [7, 11) is 0. The second-order valence-electron chi connectivity index (χ2n) is 4.60. The van der Waals surface area contributed by atoms with Crippen LogP contribution >= 0.6 is 0 Å². The van der Waals surface area contributed by atoms with Crippen LogP contribution in [0.2, 0.25) is 0 Å². The van der Waals surface area contributed by atoms with Crippen molar-refractivity contribution >= 4 is 5.78 Å². The summed E-state index contributed by atoms with van der Waals surface area (Å²) >= 11 is 0. The summed E-state index contributed by atoms with van der Waals surface area (Å²) in [5.41, 5.74) is -0.504. The first kappa shape index (κ1) is 15.2. The molecule has 0 unspecified atom stereocenters. The van der Waals surface area contributed by atoms with Gasteiger partial charge in [-0.2, -0.15) is 13.2 Å². The van der Waals surface area contributed by atoms with Crippen LogP contribution in [0.25, 0.3) is 0 Å². The number of halogens is 4. The summed E-state index contributed by atoms with van der Waals surface area (Å²) in [6.07, 6.45) is -4.52. The van der Waals surface area contributed by atoms with Crippen molar-refractivity contribution in [1.29, 1.82) is 0 Å². The first-order chi connectivity index (χ1) is 9.88. The molecule has 110 valence electrons. The summed E-state index contributed by atoms with van der Waals surface area (Å²) in [5.74, 6) is -1.46. The standard InChI is InChI=1S/C16H12F4O/c17-14-8-6-11(10-13(14)16(18,19)20)7-9-15(21)12-4-2-1-3-5-12/h1-6,8,10H,7,9H2. The minimum absolute atomic E-state index is 0.0763. The molecule has 2 rings (SSSR count). The predicted molar refractivity (Wildman–Crippen MR) is 70.5 cm³/mol. The Morgan fingerprint density at radius 3 is 2.29 bits per heavy atom. The Kier molecular flexibility index (Phi) is 4.40. The topological polar surface area (TPSA) is 17.1 Å². The van der Waals surface area contributed by atoms with E-state index >= 15 is 0 Å². The second kappa shape index (κ2) is 6.08. The van der Waals surface area contributed by atoms with Gasteiger partial charge in [-0.05, 0) is 24.1 Å². The van der Waals surface area contributed by atoms with Gasteiger partial charge in [-0.1, -0.05) is 36.4 Å². The van der Waals surface area contributed by atoms with Gasteiger partial charge in [-0.25, -0.2) is 4.39 Å². The summed E-state index contributed by atoms with van der Waals surface area (Å²) in [6.45, 7) is 0. The van der Waals surface area contributed by atoms with Crippen molar-refractivity contribution in [1.82, 2.24) is 0 Å². The predicted octanol–water partition coefficient (Wildman–Crippen LogP) is 4.66. The molecule has 0 aliphatic rings. The minimum atomic E-state index is -4.73. The average Bonchev–Trinajstić information content (AvgIpc) is 2.45. The van der Waals surface area contributed by atoms with Gasteiger partial charge in [0.05, 0.1) is 5.56 Å². The quantitative estimate of drug-likeness (QED) is 0.592. The van der Waals surface area contributed by atoms with E-state index in [1.165, 1.54) is 6.07 Å². The summed E-state index contributed by atoms with van der Waals surface area (Å²) < 4.78 is 50.9. The van der Waals surface area contributed by atoms with Crippen LogP contribution in [0, 0.1) is 5.82 Å². The molecular weight excluding hydrogens is 284 g/mol. The molecule has 0 saturated heterocycles. The molecule has 0 N–H and O–H groups in total. The van der Waals surface area contributed by atoms with Crippen LogP contribution in [0.3, 0.4) is 0 Å². The SMILES string of the molecule is O=C(CCc1ccc(F)c(C(F)(F)F)c1)c1ccccc1. The molecule has 0 aliphatic carbocycles. The second-order valence-corrected chi connectivity index (χ2v) is 4.60. The van der Waals surface area contributed by atoms with Crippen molar-refractivity contribution in [3.8, 4) is 0 Å². The number of carbonyl (C=O) groups is 1.